The number of nitrogens with one attached hydrogen (secondary N) is 1. The lowest BCUT2D eigenvalue weighted by molar-refractivity contribution is -0.138. The minimum absolute atomic E-state index is 0.0231. The molecule has 0 spiro atoms. The smallest absolute Gasteiger partial charge is 0.317 e. The van der Waals surface area contributed by atoms with Crippen molar-refractivity contribution in [2.75, 3.05) is 52.9 Å². The molecule has 2 N–H and O–H groups in total. The highest BCUT2D eigenvalue weighted by Gasteiger charge is 2.32. The van der Waals surface area contributed by atoms with Crippen molar-refractivity contribution in [1.82, 2.24) is 20.0 Å². The van der Waals surface area contributed by atoms with E-state index in [0.29, 0.717) is 38.3 Å². The lowest BCUT2D eigenvalue weighted by atomic mass is 9.94. The average Bonchev–Trinajstić information content (AvgIpc) is 3.15. The summed E-state index contributed by atoms with van der Waals surface area (Å²) in [6.07, 6.45) is 8.91. The molecule has 0 aromatic carbocycles. The number of carbonyl (C=O) groups is 2. The first kappa shape index (κ1) is 21.3. The van der Waals surface area contributed by atoms with Crippen LogP contribution >= 0.6 is 0 Å². The average molecular weight is 397 g/mol. The fourth-order valence-corrected chi connectivity index (χ4v) is 4.94. The Morgan fingerprint density at radius 1 is 1.14 bits per heavy atom. The molecule has 8 heteroatoms. The molecule has 2 amide bonds. The summed E-state index contributed by atoms with van der Waals surface area (Å²) >= 11 is 0. The molecule has 2 aliphatic heterocycles. The Hall–Kier alpha value is -1.38. The predicted octanol–water partition coefficient (Wildman–Crippen LogP) is 1.21. The van der Waals surface area contributed by atoms with E-state index in [-0.39, 0.29) is 18.7 Å². The molecule has 0 aromatic rings. The molecule has 2 heterocycles. The second-order valence-electron chi connectivity index (χ2n) is 8.54. The van der Waals surface area contributed by atoms with E-state index in [9.17, 15) is 9.59 Å². The number of amides is 2. The van der Waals surface area contributed by atoms with Gasteiger partial charge in [-0.25, -0.2) is 4.79 Å². The highest BCUT2D eigenvalue weighted by Crippen LogP contribution is 2.28. The van der Waals surface area contributed by atoms with Gasteiger partial charge in [0, 0.05) is 38.3 Å². The number of aliphatic carboxylic acids is 1. The number of urea groups is 1. The van der Waals surface area contributed by atoms with Crippen LogP contribution in [0.1, 0.15) is 44.9 Å². The number of hydrogen-bond acceptors (Lipinski definition) is 5. The first-order valence-electron chi connectivity index (χ1n) is 10.8. The Morgan fingerprint density at radius 3 is 2.68 bits per heavy atom. The van der Waals surface area contributed by atoms with E-state index in [2.05, 4.69) is 10.2 Å². The summed E-state index contributed by atoms with van der Waals surface area (Å²) in [5, 5.41) is 12.0. The minimum atomic E-state index is -0.855. The number of carboxylic acids is 1. The normalized spacial score (nSPS) is 27.3. The van der Waals surface area contributed by atoms with Crippen LogP contribution in [0.3, 0.4) is 0 Å². The number of carboxylic acid groups (broad SMARTS) is 1. The molecule has 3 rings (SSSR count). The molecule has 1 aliphatic carbocycles. The molecule has 2 atom stereocenters. The van der Waals surface area contributed by atoms with Gasteiger partial charge in [0.05, 0.1) is 19.3 Å². The number of nitrogens with zero attached hydrogens (tertiary/aromatic N) is 3. The SMILES string of the molecule is CN(CC(=O)O)CC1CN(C(=O)NCC2CCCN2C2CCCCC2)CCO1. The zero-order valence-electron chi connectivity index (χ0n) is 17.1. The van der Waals surface area contributed by atoms with Crippen LogP contribution in [0.25, 0.3) is 0 Å². The van der Waals surface area contributed by atoms with Crippen LogP contribution in [-0.4, -0.2) is 103 Å². The molecule has 160 valence electrons. The summed E-state index contributed by atoms with van der Waals surface area (Å²) in [4.78, 5) is 29.7. The molecule has 2 unspecified atom stereocenters. The highest BCUT2D eigenvalue weighted by atomic mass is 16.5. The molecule has 3 fully saturated rings. The highest BCUT2D eigenvalue weighted by molar-refractivity contribution is 5.74. The fraction of sp³-hybridized carbons (Fsp3) is 0.900. The molecule has 28 heavy (non-hydrogen) atoms. The Balaban J connectivity index is 1.43. The van der Waals surface area contributed by atoms with Gasteiger partial charge in [-0.1, -0.05) is 19.3 Å². The van der Waals surface area contributed by atoms with E-state index < -0.39 is 5.97 Å². The van der Waals surface area contributed by atoms with E-state index in [4.69, 9.17) is 9.84 Å². The van der Waals surface area contributed by atoms with E-state index in [1.807, 2.05) is 4.90 Å². The molecule has 8 nitrogen and oxygen atoms in total. The maximum absolute atomic E-state index is 12.7. The third-order valence-corrected chi connectivity index (χ3v) is 6.30. The molecule has 3 aliphatic rings. The maximum atomic E-state index is 12.7. The van der Waals surface area contributed by atoms with Gasteiger partial charge in [-0.05, 0) is 39.3 Å². The van der Waals surface area contributed by atoms with Crippen LogP contribution < -0.4 is 5.32 Å². The second kappa shape index (κ2) is 10.4. The van der Waals surface area contributed by atoms with Gasteiger partial charge >= 0.3 is 12.0 Å². The number of carbonyl (C=O) groups excluding carboxylic acids is 1. The monoisotopic (exact) mass is 396 g/mol. The zero-order valence-corrected chi connectivity index (χ0v) is 17.1. The van der Waals surface area contributed by atoms with Crippen molar-refractivity contribution < 1.29 is 19.4 Å². The van der Waals surface area contributed by atoms with Crippen molar-refractivity contribution >= 4 is 12.0 Å². The number of likely N-dealkylation sites (tertiary alicyclic amines) is 1. The van der Waals surface area contributed by atoms with Gasteiger partial charge in [0.1, 0.15) is 0 Å². The quantitative estimate of drug-likeness (QED) is 0.673. The van der Waals surface area contributed by atoms with E-state index in [1.165, 1.54) is 51.5 Å². The first-order chi connectivity index (χ1) is 13.5. The molecular formula is C20H36N4O4. The summed E-state index contributed by atoms with van der Waals surface area (Å²) in [6, 6.07) is 1.14. The summed E-state index contributed by atoms with van der Waals surface area (Å²) in [5.41, 5.74) is 0. The number of rotatable bonds is 7. The molecular weight excluding hydrogens is 360 g/mol. The third-order valence-electron chi connectivity index (χ3n) is 6.30. The minimum Gasteiger partial charge on any atom is -0.480 e. The van der Waals surface area contributed by atoms with Crippen molar-refractivity contribution in [3.8, 4) is 0 Å². The Morgan fingerprint density at radius 2 is 1.93 bits per heavy atom. The van der Waals surface area contributed by atoms with Crippen molar-refractivity contribution in [1.29, 1.82) is 0 Å². The van der Waals surface area contributed by atoms with Gasteiger partial charge in [0.2, 0.25) is 0 Å². The Bertz CT molecular complexity index is 526. The van der Waals surface area contributed by atoms with Gasteiger partial charge in [0.25, 0.3) is 0 Å². The van der Waals surface area contributed by atoms with Crippen molar-refractivity contribution in [2.45, 2.75) is 63.1 Å². The van der Waals surface area contributed by atoms with Gasteiger partial charge in [-0.2, -0.15) is 0 Å². The van der Waals surface area contributed by atoms with E-state index >= 15 is 0 Å². The lowest BCUT2D eigenvalue weighted by Gasteiger charge is -2.37. The number of hydrogen-bond donors (Lipinski definition) is 2. The summed E-state index contributed by atoms with van der Waals surface area (Å²) in [6.45, 7) is 3.96. The third kappa shape index (κ3) is 6.06. The number of ether oxygens (including phenoxy) is 1. The largest absolute Gasteiger partial charge is 0.480 e. The van der Waals surface area contributed by atoms with Crippen LogP contribution in [0.15, 0.2) is 0 Å². The second-order valence-corrected chi connectivity index (χ2v) is 8.54. The molecule has 0 bridgehead atoms. The predicted molar refractivity (Wildman–Crippen MR) is 106 cm³/mol. The topological polar surface area (TPSA) is 85.4 Å². The van der Waals surface area contributed by atoms with Crippen molar-refractivity contribution in [3.05, 3.63) is 0 Å². The maximum Gasteiger partial charge on any atom is 0.317 e. The van der Waals surface area contributed by atoms with Crippen LogP contribution in [0.5, 0.6) is 0 Å². The molecule has 0 radical (unpaired) electrons. The fourth-order valence-electron chi connectivity index (χ4n) is 4.94. The van der Waals surface area contributed by atoms with Crippen LogP contribution in [0.4, 0.5) is 4.79 Å². The van der Waals surface area contributed by atoms with Crippen molar-refractivity contribution in [3.63, 3.8) is 0 Å². The standard InChI is InChI=1S/C20H36N4O4/c1-22(15-19(25)26)13-18-14-23(10-11-28-18)20(27)21-12-17-8-5-9-24(17)16-6-3-2-4-7-16/h16-18H,2-15H2,1H3,(H,21,27)(H,25,26). The first-order valence-corrected chi connectivity index (χ1v) is 10.8. The number of morpholine rings is 1. The summed E-state index contributed by atoms with van der Waals surface area (Å²) < 4.78 is 5.72. The van der Waals surface area contributed by atoms with Gasteiger partial charge in [0.15, 0.2) is 0 Å². The van der Waals surface area contributed by atoms with Crippen LogP contribution in [0.2, 0.25) is 0 Å². The van der Waals surface area contributed by atoms with Gasteiger partial charge in [-0.3, -0.25) is 14.6 Å². The van der Waals surface area contributed by atoms with E-state index in [0.717, 1.165) is 6.54 Å². The Labute approximate surface area is 168 Å². The van der Waals surface area contributed by atoms with Gasteiger partial charge in [-0.15, -0.1) is 0 Å². The molecule has 1 saturated carbocycles. The van der Waals surface area contributed by atoms with Crippen LogP contribution in [0, 0.1) is 0 Å². The van der Waals surface area contributed by atoms with E-state index in [1.54, 1.807) is 11.9 Å². The Kier molecular flexibility index (Phi) is 7.93. The molecule has 0 aromatic heterocycles. The molecule has 2 saturated heterocycles. The summed E-state index contributed by atoms with van der Waals surface area (Å²) in [7, 11) is 1.76. The van der Waals surface area contributed by atoms with Crippen LogP contribution in [-0.2, 0) is 9.53 Å². The van der Waals surface area contributed by atoms with Gasteiger partial charge < -0.3 is 20.1 Å². The zero-order chi connectivity index (χ0) is 19.9. The summed E-state index contributed by atoms with van der Waals surface area (Å²) in [5.74, 6) is -0.855. The van der Waals surface area contributed by atoms with Crippen molar-refractivity contribution in [2.24, 2.45) is 0 Å². The lowest BCUT2D eigenvalue weighted by Crippen LogP contribution is -2.54. The number of likely N-dealkylation sites (N-methyl/N-ethyl adjacent to an activating group) is 1.